The molecule has 10 heteroatoms. The number of nitrogens with one attached hydrogen (secondary N) is 1. The molecule has 1 aliphatic rings. The predicted molar refractivity (Wildman–Crippen MR) is 97.0 cm³/mol. The van der Waals surface area contributed by atoms with Crippen molar-refractivity contribution in [2.24, 2.45) is 0 Å². The summed E-state index contributed by atoms with van der Waals surface area (Å²) in [6, 6.07) is 10.9. The molecule has 0 bridgehead atoms. The van der Waals surface area contributed by atoms with Gasteiger partial charge < -0.3 is 15.1 Å². The molecule has 0 atom stereocenters. The molecule has 2 aromatic rings. The summed E-state index contributed by atoms with van der Waals surface area (Å²) < 4.78 is 77.6. The lowest BCUT2D eigenvalue weighted by molar-refractivity contribution is -0.137. The van der Waals surface area contributed by atoms with Crippen LogP contribution in [-0.2, 0) is 11.0 Å². The number of halogens is 6. The third-order valence-corrected chi connectivity index (χ3v) is 4.41. The number of amides is 1. The highest BCUT2D eigenvalue weighted by molar-refractivity contribution is 5.95. The highest BCUT2D eigenvalue weighted by Crippen LogP contribution is 2.36. The largest absolute Gasteiger partial charge is 0.418 e. The van der Waals surface area contributed by atoms with Gasteiger partial charge in [0.15, 0.2) is 0 Å². The summed E-state index contributed by atoms with van der Waals surface area (Å²) in [7, 11) is 0. The molecule has 0 spiro atoms. The Bertz CT molecular complexity index is 881. The number of alkyl halides is 6. The maximum atomic E-state index is 13.1. The number of rotatable bonds is 4. The monoisotopic (exact) mass is 417 g/mol. The Morgan fingerprint density at radius 3 is 2.03 bits per heavy atom. The summed E-state index contributed by atoms with van der Waals surface area (Å²) in [5.74, 6) is -0.694. The maximum absolute atomic E-state index is 13.1. The number of benzene rings is 2. The normalized spacial score (nSPS) is 14.6. The van der Waals surface area contributed by atoms with E-state index in [2.05, 4.69) is 5.32 Å². The van der Waals surface area contributed by atoms with E-state index in [1.165, 1.54) is 23.1 Å². The minimum absolute atomic E-state index is 0.0307. The van der Waals surface area contributed by atoms with Crippen LogP contribution in [0.5, 0.6) is 0 Å². The lowest BCUT2D eigenvalue weighted by Crippen LogP contribution is -2.47. The van der Waals surface area contributed by atoms with Crippen LogP contribution < -0.4 is 15.1 Å². The number of carbonyl (C=O) groups is 1. The van der Waals surface area contributed by atoms with Crippen molar-refractivity contribution in [3.05, 3.63) is 54.1 Å². The standard InChI is InChI=1S/C19H17F6N3O/c20-18(21,22)12-28-10-9-27(15-7-3-4-8-16(15)28)11-17(29)26-14-6-2-1-5-13(14)19(23,24)25/h1-8H,9-12H2,(H,26,29). The Hall–Kier alpha value is -2.91. The molecule has 1 aliphatic heterocycles. The fraction of sp³-hybridized carbons (Fsp3) is 0.316. The van der Waals surface area contributed by atoms with E-state index < -0.39 is 30.4 Å². The smallest absolute Gasteiger partial charge is 0.359 e. The van der Waals surface area contributed by atoms with Crippen LogP contribution in [0.4, 0.5) is 43.4 Å². The van der Waals surface area contributed by atoms with Crippen molar-refractivity contribution < 1.29 is 31.1 Å². The highest BCUT2D eigenvalue weighted by atomic mass is 19.4. The Balaban J connectivity index is 1.76. The molecule has 3 rings (SSSR count). The molecule has 0 fully saturated rings. The van der Waals surface area contributed by atoms with Crippen LogP contribution in [0.1, 0.15) is 5.56 Å². The topological polar surface area (TPSA) is 35.6 Å². The molecule has 0 saturated carbocycles. The molecule has 0 aromatic heterocycles. The molecule has 0 radical (unpaired) electrons. The molecule has 4 nitrogen and oxygen atoms in total. The van der Waals surface area contributed by atoms with Crippen molar-refractivity contribution >= 4 is 23.0 Å². The Morgan fingerprint density at radius 1 is 0.862 bits per heavy atom. The number of carbonyl (C=O) groups excluding carboxylic acids is 1. The molecule has 2 aromatic carbocycles. The van der Waals surface area contributed by atoms with Gasteiger partial charge in [0.25, 0.3) is 0 Å². The van der Waals surface area contributed by atoms with Crippen molar-refractivity contribution in [1.29, 1.82) is 0 Å². The van der Waals surface area contributed by atoms with E-state index in [9.17, 15) is 31.1 Å². The molecule has 1 heterocycles. The van der Waals surface area contributed by atoms with Crippen molar-refractivity contribution in [2.75, 3.05) is 41.3 Å². The maximum Gasteiger partial charge on any atom is 0.418 e. The van der Waals surface area contributed by atoms with E-state index in [-0.39, 0.29) is 25.3 Å². The Morgan fingerprint density at radius 2 is 1.41 bits per heavy atom. The van der Waals surface area contributed by atoms with Crippen molar-refractivity contribution in [2.45, 2.75) is 12.4 Å². The Kier molecular flexibility index (Phi) is 5.63. The number of para-hydroxylation sites is 3. The van der Waals surface area contributed by atoms with Gasteiger partial charge in [-0.05, 0) is 24.3 Å². The first-order valence-electron chi connectivity index (χ1n) is 8.66. The predicted octanol–water partition coefficient (Wildman–Crippen LogP) is 4.53. The van der Waals surface area contributed by atoms with E-state index in [0.717, 1.165) is 12.1 Å². The van der Waals surface area contributed by atoms with Crippen LogP contribution in [0, 0.1) is 0 Å². The van der Waals surface area contributed by atoms with Gasteiger partial charge in [-0.2, -0.15) is 26.3 Å². The SMILES string of the molecule is O=C(CN1CCN(CC(F)(F)F)c2ccccc21)Nc1ccccc1C(F)(F)F. The average molecular weight is 417 g/mol. The quantitative estimate of drug-likeness (QED) is 0.743. The second kappa shape index (κ2) is 7.84. The summed E-state index contributed by atoms with van der Waals surface area (Å²) in [5.41, 5.74) is -0.598. The molecule has 156 valence electrons. The minimum atomic E-state index is -4.63. The van der Waals surface area contributed by atoms with Crippen LogP contribution in [0.25, 0.3) is 0 Å². The fourth-order valence-electron chi connectivity index (χ4n) is 3.23. The van der Waals surface area contributed by atoms with Gasteiger partial charge in [-0.3, -0.25) is 4.79 Å². The summed E-state index contributed by atoms with van der Waals surface area (Å²) in [5, 5.41) is 2.25. The van der Waals surface area contributed by atoms with E-state index in [0.29, 0.717) is 11.4 Å². The average Bonchev–Trinajstić information content (AvgIpc) is 2.62. The number of fused-ring (bicyclic) bond motifs is 1. The van der Waals surface area contributed by atoms with Crippen LogP contribution in [0.3, 0.4) is 0 Å². The van der Waals surface area contributed by atoms with Crippen molar-refractivity contribution in [3.8, 4) is 0 Å². The molecule has 29 heavy (non-hydrogen) atoms. The second-order valence-electron chi connectivity index (χ2n) is 6.54. The number of hydrogen-bond acceptors (Lipinski definition) is 3. The highest BCUT2D eigenvalue weighted by Gasteiger charge is 2.35. The first-order chi connectivity index (χ1) is 13.5. The van der Waals surface area contributed by atoms with Gasteiger partial charge in [-0.15, -0.1) is 0 Å². The van der Waals surface area contributed by atoms with Gasteiger partial charge in [-0.25, -0.2) is 0 Å². The summed E-state index contributed by atoms with van der Waals surface area (Å²) in [6.45, 7) is -1.25. The zero-order valence-electron chi connectivity index (χ0n) is 15.0. The molecular weight excluding hydrogens is 400 g/mol. The van der Waals surface area contributed by atoms with Crippen molar-refractivity contribution in [3.63, 3.8) is 0 Å². The van der Waals surface area contributed by atoms with Gasteiger partial charge in [0.05, 0.1) is 29.2 Å². The zero-order chi connectivity index (χ0) is 21.2. The molecule has 1 amide bonds. The van der Waals surface area contributed by atoms with Gasteiger partial charge >= 0.3 is 12.4 Å². The third-order valence-electron chi connectivity index (χ3n) is 4.41. The third kappa shape index (κ3) is 5.12. The van der Waals surface area contributed by atoms with E-state index in [1.807, 2.05) is 0 Å². The minimum Gasteiger partial charge on any atom is -0.359 e. The molecule has 0 aliphatic carbocycles. The molecule has 0 saturated heterocycles. The lowest BCUT2D eigenvalue weighted by atomic mass is 10.1. The van der Waals surface area contributed by atoms with E-state index in [4.69, 9.17) is 0 Å². The van der Waals surface area contributed by atoms with Crippen molar-refractivity contribution in [1.82, 2.24) is 0 Å². The second-order valence-corrected chi connectivity index (χ2v) is 6.54. The molecular formula is C19H17F6N3O. The molecule has 0 unspecified atom stereocenters. The van der Waals surface area contributed by atoms with Gasteiger partial charge in [-0.1, -0.05) is 24.3 Å². The van der Waals surface area contributed by atoms with Crippen LogP contribution in [0.15, 0.2) is 48.5 Å². The fourth-order valence-corrected chi connectivity index (χ4v) is 3.23. The summed E-state index contributed by atoms with van der Waals surface area (Å²) >= 11 is 0. The molecule has 1 N–H and O–H groups in total. The number of nitrogens with zero attached hydrogens (tertiary/aromatic N) is 2. The summed E-state index contributed by atoms with van der Waals surface area (Å²) in [6.07, 6.45) is -9.01. The van der Waals surface area contributed by atoms with E-state index >= 15 is 0 Å². The first-order valence-corrected chi connectivity index (χ1v) is 8.66. The van der Waals surface area contributed by atoms with Crippen LogP contribution in [0.2, 0.25) is 0 Å². The number of hydrogen-bond donors (Lipinski definition) is 1. The van der Waals surface area contributed by atoms with E-state index in [1.54, 1.807) is 23.1 Å². The first kappa shape index (κ1) is 20.8. The lowest BCUT2D eigenvalue weighted by Gasteiger charge is -2.38. The van der Waals surface area contributed by atoms with Crippen LogP contribution >= 0.6 is 0 Å². The van der Waals surface area contributed by atoms with Gasteiger partial charge in [0, 0.05) is 13.1 Å². The van der Waals surface area contributed by atoms with Gasteiger partial charge in [0.2, 0.25) is 5.91 Å². The Labute approximate surface area is 162 Å². The zero-order valence-corrected chi connectivity index (χ0v) is 15.0. The van der Waals surface area contributed by atoms with Gasteiger partial charge in [0.1, 0.15) is 6.54 Å². The number of anilines is 3. The van der Waals surface area contributed by atoms with Crippen LogP contribution in [-0.4, -0.2) is 38.3 Å². The summed E-state index contributed by atoms with van der Waals surface area (Å²) in [4.78, 5) is 15.1.